The van der Waals surface area contributed by atoms with Crippen molar-refractivity contribution in [3.05, 3.63) is 60.2 Å². The highest BCUT2D eigenvalue weighted by Crippen LogP contribution is 2.20. The van der Waals surface area contributed by atoms with Gasteiger partial charge in [-0.2, -0.15) is 5.10 Å². The first-order valence-electron chi connectivity index (χ1n) is 8.99. The standard InChI is InChI=1S/C20H24N6O/c1-14(2)26-19(24-13-25-26)16-5-4-6-17(11-16)20(27)23-10-9-22-18-7-8-21-12-15(18)3/h4-8,11-14H,9-10H2,1-3H3,(H,21,22)(H,23,27). The van der Waals surface area contributed by atoms with Gasteiger partial charge in [-0.05, 0) is 44.5 Å². The van der Waals surface area contributed by atoms with E-state index in [0.717, 1.165) is 22.6 Å². The van der Waals surface area contributed by atoms with Crippen LogP contribution in [0, 0.1) is 6.92 Å². The van der Waals surface area contributed by atoms with Crippen molar-refractivity contribution in [2.75, 3.05) is 18.4 Å². The van der Waals surface area contributed by atoms with E-state index in [2.05, 4.69) is 25.7 Å². The van der Waals surface area contributed by atoms with Gasteiger partial charge in [-0.3, -0.25) is 9.78 Å². The summed E-state index contributed by atoms with van der Waals surface area (Å²) < 4.78 is 1.85. The van der Waals surface area contributed by atoms with Crippen LogP contribution in [0.4, 0.5) is 5.69 Å². The van der Waals surface area contributed by atoms with E-state index < -0.39 is 0 Å². The number of benzene rings is 1. The number of carbonyl (C=O) groups is 1. The van der Waals surface area contributed by atoms with Crippen molar-refractivity contribution < 1.29 is 4.79 Å². The Morgan fingerprint density at radius 1 is 1.22 bits per heavy atom. The van der Waals surface area contributed by atoms with Gasteiger partial charge >= 0.3 is 0 Å². The SMILES string of the molecule is Cc1cnccc1NCCNC(=O)c1cccc(-c2ncnn2C(C)C)c1. The average molecular weight is 364 g/mol. The third-order valence-electron chi connectivity index (χ3n) is 4.19. The fourth-order valence-corrected chi connectivity index (χ4v) is 2.78. The quantitative estimate of drug-likeness (QED) is 0.630. The lowest BCUT2D eigenvalue weighted by Gasteiger charge is -2.11. The van der Waals surface area contributed by atoms with Gasteiger partial charge in [-0.15, -0.1) is 0 Å². The molecule has 0 fully saturated rings. The number of anilines is 1. The lowest BCUT2D eigenvalue weighted by molar-refractivity contribution is 0.0955. The topological polar surface area (TPSA) is 84.7 Å². The van der Waals surface area contributed by atoms with Crippen molar-refractivity contribution in [1.29, 1.82) is 0 Å². The summed E-state index contributed by atoms with van der Waals surface area (Å²) in [6.45, 7) is 7.25. The predicted octanol–water partition coefficient (Wildman–Crippen LogP) is 3.07. The molecule has 0 aliphatic rings. The molecule has 0 aliphatic carbocycles. The third-order valence-corrected chi connectivity index (χ3v) is 4.19. The number of aryl methyl sites for hydroxylation is 1. The highest BCUT2D eigenvalue weighted by Gasteiger charge is 2.12. The Kier molecular flexibility index (Phi) is 5.80. The van der Waals surface area contributed by atoms with E-state index in [4.69, 9.17) is 0 Å². The lowest BCUT2D eigenvalue weighted by atomic mass is 10.1. The number of hydrogen-bond donors (Lipinski definition) is 2. The van der Waals surface area contributed by atoms with Crippen LogP contribution >= 0.6 is 0 Å². The number of aromatic nitrogens is 4. The second-order valence-electron chi connectivity index (χ2n) is 6.58. The lowest BCUT2D eigenvalue weighted by Crippen LogP contribution is -2.28. The van der Waals surface area contributed by atoms with Gasteiger partial charge in [0.1, 0.15) is 6.33 Å². The van der Waals surface area contributed by atoms with Crippen molar-refractivity contribution in [1.82, 2.24) is 25.1 Å². The van der Waals surface area contributed by atoms with Crippen LogP contribution in [-0.4, -0.2) is 38.7 Å². The molecule has 2 aromatic heterocycles. The van der Waals surface area contributed by atoms with Crippen molar-refractivity contribution >= 4 is 11.6 Å². The fourth-order valence-electron chi connectivity index (χ4n) is 2.78. The normalized spacial score (nSPS) is 10.8. The second kappa shape index (κ2) is 8.44. The summed E-state index contributed by atoms with van der Waals surface area (Å²) in [5, 5.41) is 10.5. The number of carbonyl (C=O) groups excluding carboxylic acids is 1. The molecule has 0 aliphatic heterocycles. The molecule has 0 saturated carbocycles. The van der Waals surface area contributed by atoms with Crippen molar-refractivity contribution in [3.8, 4) is 11.4 Å². The average Bonchev–Trinajstić information content (AvgIpc) is 3.17. The number of hydrogen-bond acceptors (Lipinski definition) is 5. The molecule has 3 rings (SSSR count). The zero-order valence-electron chi connectivity index (χ0n) is 15.8. The minimum absolute atomic E-state index is 0.110. The second-order valence-corrected chi connectivity index (χ2v) is 6.58. The summed E-state index contributed by atoms with van der Waals surface area (Å²) >= 11 is 0. The van der Waals surface area contributed by atoms with Crippen LogP contribution in [0.2, 0.25) is 0 Å². The van der Waals surface area contributed by atoms with Gasteiger partial charge in [-0.25, -0.2) is 9.67 Å². The molecule has 140 valence electrons. The molecular formula is C20H24N6O. The molecule has 7 nitrogen and oxygen atoms in total. The number of rotatable bonds is 7. The molecule has 2 N–H and O–H groups in total. The summed E-state index contributed by atoms with van der Waals surface area (Å²) in [6.07, 6.45) is 5.09. The molecule has 0 bridgehead atoms. The van der Waals surface area contributed by atoms with E-state index in [1.807, 2.05) is 55.9 Å². The Balaban J connectivity index is 1.60. The molecule has 3 aromatic rings. The summed E-state index contributed by atoms with van der Waals surface area (Å²) in [7, 11) is 0. The molecular weight excluding hydrogens is 340 g/mol. The van der Waals surface area contributed by atoms with Crippen LogP contribution < -0.4 is 10.6 Å². The number of nitrogens with one attached hydrogen (secondary N) is 2. The Hall–Kier alpha value is -3.22. The Morgan fingerprint density at radius 2 is 2.07 bits per heavy atom. The Labute approximate surface area is 158 Å². The molecule has 0 saturated heterocycles. The first-order valence-corrected chi connectivity index (χ1v) is 8.99. The fraction of sp³-hybridized carbons (Fsp3) is 0.300. The maximum absolute atomic E-state index is 12.5. The van der Waals surface area contributed by atoms with Crippen LogP contribution in [0.5, 0.6) is 0 Å². The van der Waals surface area contributed by atoms with Gasteiger partial charge in [0.05, 0.1) is 0 Å². The molecule has 2 heterocycles. The Bertz CT molecular complexity index is 918. The van der Waals surface area contributed by atoms with Gasteiger partial charge in [0.25, 0.3) is 5.91 Å². The van der Waals surface area contributed by atoms with E-state index in [9.17, 15) is 4.79 Å². The molecule has 0 spiro atoms. The van der Waals surface area contributed by atoms with E-state index >= 15 is 0 Å². The van der Waals surface area contributed by atoms with E-state index in [1.54, 1.807) is 12.3 Å². The van der Waals surface area contributed by atoms with Crippen LogP contribution in [0.3, 0.4) is 0 Å². The largest absolute Gasteiger partial charge is 0.383 e. The van der Waals surface area contributed by atoms with Crippen molar-refractivity contribution in [2.45, 2.75) is 26.8 Å². The van der Waals surface area contributed by atoms with Gasteiger partial charge in [-0.1, -0.05) is 12.1 Å². The van der Waals surface area contributed by atoms with Gasteiger partial charge < -0.3 is 10.6 Å². The minimum atomic E-state index is -0.110. The minimum Gasteiger partial charge on any atom is -0.383 e. The van der Waals surface area contributed by atoms with E-state index in [1.165, 1.54) is 6.33 Å². The summed E-state index contributed by atoms with van der Waals surface area (Å²) in [5.41, 5.74) is 3.57. The van der Waals surface area contributed by atoms with Crippen molar-refractivity contribution in [2.24, 2.45) is 0 Å². The smallest absolute Gasteiger partial charge is 0.251 e. The van der Waals surface area contributed by atoms with Gasteiger partial charge in [0.15, 0.2) is 5.82 Å². The first-order chi connectivity index (χ1) is 13.1. The highest BCUT2D eigenvalue weighted by molar-refractivity contribution is 5.95. The van der Waals surface area contributed by atoms with E-state index in [0.29, 0.717) is 18.7 Å². The molecule has 0 radical (unpaired) electrons. The molecule has 7 heteroatoms. The molecule has 1 amide bonds. The number of pyridine rings is 1. The summed E-state index contributed by atoms with van der Waals surface area (Å²) in [4.78, 5) is 20.9. The van der Waals surface area contributed by atoms with Crippen LogP contribution in [0.15, 0.2) is 49.1 Å². The predicted molar refractivity (Wildman–Crippen MR) is 106 cm³/mol. The van der Waals surface area contributed by atoms with Gasteiger partial charge in [0.2, 0.25) is 0 Å². The molecule has 27 heavy (non-hydrogen) atoms. The molecule has 1 aromatic carbocycles. The first kappa shape index (κ1) is 18.6. The third kappa shape index (κ3) is 4.49. The molecule has 0 unspecified atom stereocenters. The number of nitrogens with zero attached hydrogens (tertiary/aromatic N) is 4. The maximum Gasteiger partial charge on any atom is 0.251 e. The van der Waals surface area contributed by atoms with Crippen LogP contribution in [0.1, 0.15) is 35.8 Å². The van der Waals surface area contributed by atoms with E-state index in [-0.39, 0.29) is 11.9 Å². The van der Waals surface area contributed by atoms with Crippen LogP contribution in [0.25, 0.3) is 11.4 Å². The zero-order chi connectivity index (χ0) is 19.2. The van der Waals surface area contributed by atoms with Crippen molar-refractivity contribution in [3.63, 3.8) is 0 Å². The monoisotopic (exact) mass is 364 g/mol. The molecule has 0 atom stereocenters. The van der Waals surface area contributed by atoms with Gasteiger partial charge in [0, 0.05) is 48.3 Å². The zero-order valence-corrected chi connectivity index (χ0v) is 15.8. The summed E-state index contributed by atoms with van der Waals surface area (Å²) in [5.74, 6) is 0.648. The maximum atomic E-state index is 12.5. The number of amides is 1. The summed E-state index contributed by atoms with van der Waals surface area (Å²) in [6, 6.07) is 9.57. The highest BCUT2D eigenvalue weighted by atomic mass is 16.1. The van der Waals surface area contributed by atoms with Crippen LogP contribution in [-0.2, 0) is 0 Å². The Morgan fingerprint density at radius 3 is 2.85 bits per heavy atom.